The Hall–Kier alpha value is -2.80. The molecular weight excluding hydrogens is 380 g/mol. The third-order valence-corrected chi connectivity index (χ3v) is 5.41. The van der Waals surface area contributed by atoms with E-state index < -0.39 is 5.60 Å². The van der Waals surface area contributed by atoms with E-state index in [0.29, 0.717) is 35.9 Å². The summed E-state index contributed by atoms with van der Waals surface area (Å²) in [4.78, 5) is 21.4. The van der Waals surface area contributed by atoms with E-state index in [4.69, 9.17) is 4.74 Å². The molecule has 2 aromatic rings. The van der Waals surface area contributed by atoms with Crippen molar-refractivity contribution in [3.05, 3.63) is 46.6 Å². The molecule has 7 heteroatoms. The molecule has 3 rings (SSSR count). The van der Waals surface area contributed by atoms with Gasteiger partial charge in [-0.25, -0.2) is 9.78 Å². The standard InChI is InChI=1S/C23H32N4O3/c1-15-11-16(2)13-18(12-15)26-7-9-27(10-8-26)22(28)25-20-14-19(23(4,5)29)17(3)24-21(20)30-6/h11-14,29H,7-10H2,1-6H3,(H,25,28). The van der Waals surface area contributed by atoms with Crippen LogP contribution in [0.1, 0.15) is 36.2 Å². The molecule has 0 unspecified atom stereocenters. The van der Waals surface area contributed by atoms with Crippen LogP contribution in [-0.2, 0) is 5.60 Å². The molecular formula is C23H32N4O3. The summed E-state index contributed by atoms with van der Waals surface area (Å²) >= 11 is 0. The molecule has 30 heavy (non-hydrogen) atoms. The number of aryl methyl sites for hydroxylation is 3. The second-order valence-corrected chi connectivity index (χ2v) is 8.49. The fourth-order valence-electron chi connectivity index (χ4n) is 3.94. The number of nitrogens with zero attached hydrogens (tertiary/aromatic N) is 3. The predicted molar refractivity (Wildman–Crippen MR) is 119 cm³/mol. The van der Waals surface area contributed by atoms with Crippen LogP contribution in [0, 0.1) is 20.8 Å². The Morgan fingerprint density at radius 3 is 2.20 bits per heavy atom. The lowest BCUT2D eigenvalue weighted by molar-refractivity contribution is 0.0774. The number of carbonyl (C=O) groups is 1. The van der Waals surface area contributed by atoms with E-state index in [2.05, 4.69) is 47.2 Å². The highest BCUT2D eigenvalue weighted by Crippen LogP contribution is 2.31. The molecule has 1 aliphatic heterocycles. The number of urea groups is 1. The summed E-state index contributed by atoms with van der Waals surface area (Å²) in [5.74, 6) is 0.336. The molecule has 2 amide bonds. The van der Waals surface area contributed by atoms with E-state index >= 15 is 0 Å². The Labute approximate surface area is 178 Å². The predicted octanol–water partition coefficient (Wildman–Crippen LogP) is 3.60. The minimum Gasteiger partial charge on any atom is -0.480 e. The van der Waals surface area contributed by atoms with E-state index in [1.807, 2.05) is 6.92 Å². The third-order valence-electron chi connectivity index (χ3n) is 5.41. The number of carbonyl (C=O) groups excluding carboxylic acids is 1. The van der Waals surface area contributed by atoms with Crippen LogP contribution in [0.3, 0.4) is 0 Å². The number of aliphatic hydroxyl groups is 1. The molecule has 0 aliphatic carbocycles. The van der Waals surface area contributed by atoms with Crippen LogP contribution in [0.5, 0.6) is 5.88 Å². The average Bonchev–Trinajstić information content (AvgIpc) is 2.67. The molecule has 0 radical (unpaired) electrons. The van der Waals surface area contributed by atoms with Crippen LogP contribution in [0.15, 0.2) is 24.3 Å². The van der Waals surface area contributed by atoms with E-state index in [1.165, 1.54) is 23.9 Å². The molecule has 0 bridgehead atoms. The molecule has 162 valence electrons. The number of anilines is 2. The zero-order valence-corrected chi connectivity index (χ0v) is 18.7. The second-order valence-electron chi connectivity index (χ2n) is 8.49. The highest BCUT2D eigenvalue weighted by Gasteiger charge is 2.25. The van der Waals surface area contributed by atoms with Crippen molar-refractivity contribution in [1.29, 1.82) is 0 Å². The molecule has 1 aromatic heterocycles. The van der Waals surface area contributed by atoms with Gasteiger partial charge in [-0.1, -0.05) is 6.07 Å². The van der Waals surface area contributed by atoms with Crippen molar-refractivity contribution in [2.75, 3.05) is 43.5 Å². The molecule has 0 saturated carbocycles. The Balaban J connectivity index is 1.70. The van der Waals surface area contributed by atoms with Crippen LogP contribution < -0.4 is 15.0 Å². The van der Waals surface area contributed by atoms with Gasteiger partial charge in [0.1, 0.15) is 5.69 Å². The summed E-state index contributed by atoms with van der Waals surface area (Å²) in [5, 5.41) is 13.3. The molecule has 1 aromatic carbocycles. The van der Waals surface area contributed by atoms with Crippen molar-refractivity contribution < 1.29 is 14.6 Å². The molecule has 7 nitrogen and oxygen atoms in total. The minimum absolute atomic E-state index is 0.194. The van der Waals surface area contributed by atoms with E-state index in [1.54, 1.807) is 24.8 Å². The fraction of sp³-hybridized carbons (Fsp3) is 0.478. The topological polar surface area (TPSA) is 77.9 Å². The van der Waals surface area contributed by atoms with Gasteiger partial charge in [0, 0.05) is 43.1 Å². The van der Waals surface area contributed by atoms with Gasteiger partial charge in [0.25, 0.3) is 0 Å². The van der Waals surface area contributed by atoms with Crippen molar-refractivity contribution >= 4 is 17.4 Å². The monoisotopic (exact) mass is 412 g/mol. The maximum absolute atomic E-state index is 12.9. The number of amides is 2. The van der Waals surface area contributed by atoms with Gasteiger partial charge >= 0.3 is 6.03 Å². The number of nitrogens with one attached hydrogen (secondary N) is 1. The Morgan fingerprint density at radius 2 is 1.67 bits per heavy atom. The first-order chi connectivity index (χ1) is 14.1. The number of hydrogen-bond acceptors (Lipinski definition) is 5. The SMILES string of the molecule is COc1nc(C)c(C(C)(C)O)cc1NC(=O)N1CCN(c2cc(C)cc(C)c2)CC1. The first-order valence-electron chi connectivity index (χ1n) is 10.3. The van der Waals surface area contributed by atoms with E-state index in [9.17, 15) is 9.90 Å². The summed E-state index contributed by atoms with van der Waals surface area (Å²) in [7, 11) is 1.52. The molecule has 1 aliphatic rings. The lowest BCUT2D eigenvalue weighted by atomic mass is 9.96. The normalized spacial score (nSPS) is 14.6. The van der Waals surface area contributed by atoms with Crippen LogP contribution in [0.2, 0.25) is 0 Å². The average molecular weight is 413 g/mol. The number of rotatable bonds is 4. The maximum atomic E-state index is 12.9. The molecule has 2 heterocycles. The first kappa shape index (κ1) is 21.9. The Morgan fingerprint density at radius 1 is 1.07 bits per heavy atom. The van der Waals surface area contributed by atoms with Crippen LogP contribution >= 0.6 is 0 Å². The maximum Gasteiger partial charge on any atom is 0.322 e. The Bertz CT molecular complexity index is 909. The van der Waals surface area contributed by atoms with Gasteiger partial charge in [0.05, 0.1) is 12.7 Å². The summed E-state index contributed by atoms with van der Waals surface area (Å²) in [6.07, 6.45) is 0. The summed E-state index contributed by atoms with van der Waals surface area (Å²) in [6, 6.07) is 8.08. The molecule has 0 spiro atoms. The number of hydrogen-bond donors (Lipinski definition) is 2. The number of aromatic nitrogens is 1. The van der Waals surface area contributed by atoms with Gasteiger partial charge in [-0.2, -0.15) is 0 Å². The van der Waals surface area contributed by atoms with Gasteiger partial charge in [-0.15, -0.1) is 0 Å². The smallest absolute Gasteiger partial charge is 0.322 e. The number of pyridine rings is 1. The molecule has 0 atom stereocenters. The van der Waals surface area contributed by atoms with Crippen molar-refractivity contribution in [1.82, 2.24) is 9.88 Å². The van der Waals surface area contributed by atoms with Crippen molar-refractivity contribution in [3.63, 3.8) is 0 Å². The highest BCUT2D eigenvalue weighted by atomic mass is 16.5. The zero-order valence-electron chi connectivity index (χ0n) is 18.7. The number of benzene rings is 1. The van der Waals surface area contributed by atoms with E-state index in [0.717, 1.165) is 13.1 Å². The van der Waals surface area contributed by atoms with Crippen LogP contribution in [-0.4, -0.2) is 54.3 Å². The number of ether oxygens (including phenoxy) is 1. The van der Waals surface area contributed by atoms with Gasteiger partial charge in [-0.05, 0) is 63.9 Å². The van der Waals surface area contributed by atoms with Gasteiger partial charge in [-0.3, -0.25) is 0 Å². The van der Waals surface area contributed by atoms with Crippen LogP contribution in [0.4, 0.5) is 16.2 Å². The fourth-order valence-corrected chi connectivity index (χ4v) is 3.94. The molecule has 1 fully saturated rings. The third kappa shape index (κ3) is 4.84. The van der Waals surface area contributed by atoms with E-state index in [-0.39, 0.29) is 6.03 Å². The van der Waals surface area contributed by atoms with Gasteiger partial charge in [0.15, 0.2) is 0 Å². The summed E-state index contributed by atoms with van der Waals surface area (Å²) < 4.78 is 5.35. The number of piperazine rings is 1. The Kier molecular flexibility index (Phi) is 6.22. The first-order valence-corrected chi connectivity index (χ1v) is 10.3. The van der Waals surface area contributed by atoms with Crippen molar-refractivity contribution in [2.24, 2.45) is 0 Å². The zero-order chi connectivity index (χ0) is 22.1. The summed E-state index contributed by atoms with van der Waals surface area (Å²) in [6.45, 7) is 12.2. The summed E-state index contributed by atoms with van der Waals surface area (Å²) in [5.41, 5.74) is 4.39. The van der Waals surface area contributed by atoms with Crippen molar-refractivity contribution in [3.8, 4) is 5.88 Å². The minimum atomic E-state index is -1.07. The lowest BCUT2D eigenvalue weighted by Crippen LogP contribution is -2.50. The quantitative estimate of drug-likeness (QED) is 0.802. The van der Waals surface area contributed by atoms with Crippen LogP contribution in [0.25, 0.3) is 0 Å². The molecule has 1 saturated heterocycles. The van der Waals surface area contributed by atoms with Gasteiger partial charge in [0.2, 0.25) is 5.88 Å². The largest absolute Gasteiger partial charge is 0.480 e. The number of methoxy groups -OCH3 is 1. The highest BCUT2D eigenvalue weighted by molar-refractivity contribution is 5.91. The van der Waals surface area contributed by atoms with Gasteiger partial charge < -0.3 is 25.0 Å². The molecule has 2 N–H and O–H groups in total. The second kappa shape index (κ2) is 8.52. The lowest BCUT2D eigenvalue weighted by Gasteiger charge is -2.36. The van der Waals surface area contributed by atoms with Crippen molar-refractivity contribution in [2.45, 2.75) is 40.2 Å².